The van der Waals surface area contributed by atoms with Gasteiger partial charge in [0.05, 0.1) is 17.8 Å². The van der Waals surface area contributed by atoms with Gasteiger partial charge in [0, 0.05) is 19.2 Å². The first-order chi connectivity index (χ1) is 8.90. The number of rotatable bonds is 6. The molecule has 7 heteroatoms. The van der Waals surface area contributed by atoms with Gasteiger partial charge in [-0.15, -0.1) is 0 Å². The van der Waals surface area contributed by atoms with Gasteiger partial charge in [-0.1, -0.05) is 6.92 Å². The van der Waals surface area contributed by atoms with Crippen LogP contribution >= 0.6 is 0 Å². The van der Waals surface area contributed by atoms with Gasteiger partial charge < -0.3 is 9.84 Å². The number of fused-ring (bicyclic) bond motifs is 2. The van der Waals surface area contributed by atoms with Gasteiger partial charge in [-0.2, -0.15) is 4.31 Å². The largest absolute Gasteiger partial charge is 0.481 e. The van der Waals surface area contributed by atoms with Gasteiger partial charge in [-0.3, -0.25) is 4.79 Å². The maximum Gasteiger partial charge on any atom is 0.308 e. The molecule has 0 amide bonds. The standard InChI is InChI=1S/C12H21NO5S/c1-3-9(18-2)7-19(16,17)13-8-4-5-11(13)10(6-8)12(14)15/h8-11H,3-7H2,1-2H3,(H,14,15). The van der Waals surface area contributed by atoms with E-state index in [4.69, 9.17) is 9.84 Å². The summed E-state index contributed by atoms with van der Waals surface area (Å²) in [7, 11) is -1.94. The Bertz CT molecular complexity index is 445. The van der Waals surface area contributed by atoms with Crippen LogP contribution in [0.25, 0.3) is 0 Å². The quantitative estimate of drug-likeness (QED) is 0.778. The summed E-state index contributed by atoms with van der Waals surface area (Å²) in [5.74, 6) is -1.48. The molecule has 6 nitrogen and oxygen atoms in total. The number of carboxylic acid groups (broad SMARTS) is 1. The number of methoxy groups -OCH3 is 1. The van der Waals surface area contributed by atoms with Gasteiger partial charge >= 0.3 is 5.97 Å². The van der Waals surface area contributed by atoms with E-state index < -0.39 is 21.9 Å². The summed E-state index contributed by atoms with van der Waals surface area (Å²) in [5, 5.41) is 9.15. The highest BCUT2D eigenvalue weighted by molar-refractivity contribution is 7.89. The first-order valence-corrected chi connectivity index (χ1v) is 8.28. The third kappa shape index (κ3) is 2.64. The molecule has 2 heterocycles. The van der Waals surface area contributed by atoms with Crippen molar-refractivity contribution in [2.75, 3.05) is 12.9 Å². The van der Waals surface area contributed by atoms with Crippen molar-refractivity contribution in [1.29, 1.82) is 0 Å². The van der Waals surface area contributed by atoms with Crippen LogP contribution in [0.3, 0.4) is 0 Å². The van der Waals surface area contributed by atoms with E-state index in [-0.39, 0.29) is 23.9 Å². The minimum atomic E-state index is -3.44. The van der Waals surface area contributed by atoms with Crippen LogP contribution in [0.4, 0.5) is 0 Å². The molecule has 2 aliphatic rings. The maximum atomic E-state index is 12.4. The van der Waals surface area contributed by atoms with Crippen molar-refractivity contribution >= 4 is 16.0 Å². The fourth-order valence-corrected chi connectivity index (χ4v) is 5.64. The van der Waals surface area contributed by atoms with E-state index in [0.717, 1.165) is 6.42 Å². The molecule has 0 aromatic rings. The van der Waals surface area contributed by atoms with Crippen molar-refractivity contribution in [2.24, 2.45) is 5.92 Å². The molecule has 2 bridgehead atoms. The van der Waals surface area contributed by atoms with Crippen molar-refractivity contribution in [3.05, 3.63) is 0 Å². The van der Waals surface area contributed by atoms with Gasteiger partial charge in [0.2, 0.25) is 10.0 Å². The van der Waals surface area contributed by atoms with Gasteiger partial charge in [0.25, 0.3) is 0 Å². The second-order valence-electron chi connectivity index (χ2n) is 5.35. The summed E-state index contributed by atoms with van der Waals surface area (Å²) < 4.78 is 31.5. The Morgan fingerprint density at radius 1 is 1.47 bits per heavy atom. The third-order valence-corrected chi connectivity index (χ3v) is 6.30. The molecule has 4 atom stereocenters. The van der Waals surface area contributed by atoms with Crippen molar-refractivity contribution in [1.82, 2.24) is 4.31 Å². The number of ether oxygens (including phenoxy) is 1. The SMILES string of the molecule is CCC(CS(=O)(=O)N1C2CCC1C(C(=O)O)C2)OC. The van der Waals surface area contributed by atoms with Crippen LogP contribution in [0.15, 0.2) is 0 Å². The fourth-order valence-electron chi connectivity index (χ4n) is 3.31. The van der Waals surface area contributed by atoms with Crippen molar-refractivity contribution < 1.29 is 23.1 Å². The van der Waals surface area contributed by atoms with E-state index in [2.05, 4.69) is 0 Å². The lowest BCUT2D eigenvalue weighted by Crippen LogP contribution is -2.41. The Labute approximate surface area is 113 Å². The molecule has 2 rings (SSSR count). The first-order valence-electron chi connectivity index (χ1n) is 6.67. The van der Waals surface area contributed by atoms with Gasteiger partial charge in [-0.25, -0.2) is 8.42 Å². The number of hydrogen-bond acceptors (Lipinski definition) is 4. The lowest BCUT2D eigenvalue weighted by Gasteiger charge is -2.24. The average Bonchev–Trinajstić information content (AvgIpc) is 2.94. The second kappa shape index (κ2) is 5.38. The van der Waals surface area contributed by atoms with E-state index in [1.54, 1.807) is 0 Å². The van der Waals surface area contributed by atoms with Crippen LogP contribution in [0.2, 0.25) is 0 Å². The highest BCUT2D eigenvalue weighted by Gasteiger charge is 2.54. The maximum absolute atomic E-state index is 12.4. The molecule has 110 valence electrons. The van der Waals surface area contributed by atoms with E-state index in [9.17, 15) is 13.2 Å². The summed E-state index contributed by atoms with van der Waals surface area (Å²) in [4.78, 5) is 11.2. The third-order valence-electron chi connectivity index (χ3n) is 4.30. The molecule has 2 fully saturated rings. The lowest BCUT2D eigenvalue weighted by atomic mass is 9.89. The molecule has 0 radical (unpaired) electrons. The fraction of sp³-hybridized carbons (Fsp3) is 0.917. The van der Waals surface area contributed by atoms with E-state index in [1.165, 1.54) is 11.4 Å². The summed E-state index contributed by atoms with van der Waals surface area (Å²) in [6.45, 7) is 1.88. The highest BCUT2D eigenvalue weighted by Crippen LogP contribution is 2.43. The Hall–Kier alpha value is -0.660. The molecule has 4 unspecified atom stereocenters. The van der Waals surface area contributed by atoms with E-state index in [0.29, 0.717) is 19.3 Å². The van der Waals surface area contributed by atoms with Crippen LogP contribution in [0.1, 0.15) is 32.6 Å². The first kappa shape index (κ1) is 14.7. The van der Waals surface area contributed by atoms with Gasteiger partial charge in [0.1, 0.15) is 0 Å². The Morgan fingerprint density at radius 2 is 2.16 bits per heavy atom. The lowest BCUT2D eigenvalue weighted by molar-refractivity contribution is -0.142. The van der Waals surface area contributed by atoms with Gasteiger partial charge in [0.15, 0.2) is 0 Å². The molecule has 0 aliphatic carbocycles. The molecule has 0 aromatic carbocycles. The molecular formula is C12H21NO5S. The number of aliphatic carboxylic acids is 1. The zero-order valence-corrected chi connectivity index (χ0v) is 12.1. The molecule has 19 heavy (non-hydrogen) atoms. The van der Waals surface area contributed by atoms with Crippen LogP contribution in [-0.2, 0) is 19.6 Å². The number of hydrogen-bond donors (Lipinski definition) is 1. The van der Waals surface area contributed by atoms with Crippen LogP contribution < -0.4 is 0 Å². The molecular weight excluding hydrogens is 270 g/mol. The normalized spacial score (nSPS) is 32.6. The molecule has 2 aliphatic heterocycles. The Morgan fingerprint density at radius 3 is 2.63 bits per heavy atom. The van der Waals surface area contributed by atoms with Crippen LogP contribution in [0, 0.1) is 5.92 Å². The number of sulfonamides is 1. The van der Waals surface area contributed by atoms with Gasteiger partial charge in [-0.05, 0) is 25.7 Å². The summed E-state index contributed by atoms with van der Waals surface area (Å²) in [6.07, 6.45) is 2.18. The number of carbonyl (C=O) groups is 1. The summed E-state index contributed by atoms with van der Waals surface area (Å²) in [5.41, 5.74) is 0. The predicted molar refractivity (Wildman–Crippen MR) is 69.3 cm³/mol. The molecule has 0 aromatic heterocycles. The van der Waals surface area contributed by atoms with Crippen LogP contribution in [-0.4, -0.2) is 54.8 Å². The monoisotopic (exact) mass is 291 g/mol. The smallest absolute Gasteiger partial charge is 0.308 e. The zero-order chi connectivity index (χ0) is 14.2. The van der Waals surface area contributed by atoms with Crippen molar-refractivity contribution in [2.45, 2.75) is 50.8 Å². The highest BCUT2D eigenvalue weighted by atomic mass is 32.2. The minimum Gasteiger partial charge on any atom is -0.481 e. The molecule has 2 saturated heterocycles. The zero-order valence-electron chi connectivity index (χ0n) is 11.3. The summed E-state index contributed by atoms with van der Waals surface area (Å²) in [6, 6.07) is -0.493. The average molecular weight is 291 g/mol. The number of carboxylic acids is 1. The van der Waals surface area contributed by atoms with E-state index >= 15 is 0 Å². The molecule has 0 spiro atoms. The van der Waals surface area contributed by atoms with E-state index in [1.807, 2.05) is 6.92 Å². The second-order valence-corrected chi connectivity index (χ2v) is 7.27. The number of nitrogens with zero attached hydrogens (tertiary/aromatic N) is 1. The topological polar surface area (TPSA) is 83.9 Å². The molecule has 1 N–H and O–H groups in total. The Balaban J connectivity index is 2.16. The predicted octanol–water partition coefficient (Wildman–Crippen LogP) is 0.679. The Kier molecular flexibility index (Phi) is 4.17. The van der Waals surface area contributed by atoms with Crippen molar-refractivity contribution in [3.63, 3.8) is 0 Å². The van der Waals surface area contributed by atoms with Crippen molar-refractivity contribution in [3.8, 4) is 0 Å². The van der Waals surface area contributed by atoms with Crippen LogP contribution in [0.5, 0.6) is 0 Å². The minimum absolute atomic E-state index is 0.0562. The summed E-state index contributed by atoms with van der Waals surface area (Å²) >= 11 is 0. The molecule has 0 saturated carbocycles.